The predicted molar refractivity (Wildman–Crippen MR) is 86.5 cm³/mol. The van der Waals surface area contributed by atoms with Gasteiger partial charge in [0.15, 0.2) is 0 Å². The topological polar surface area (TPSA) is 80.9 Å². The minimum atomic E-state index is -0.594. The van der Waals surface area contributed by atoms with E-state index >= 15 is 0 Å². The molecule has 0 aromatic heterocycles. The van der Waals surface area contributed by atoms with Crippen LogP contribution in [0.15, 0.2) is 0 Å². The van der Waals surface area contributed by atoms with E-state index in [1.54, 1.807) is 0 Å². The van der Waals surface area contributed by atoms with Crippen LogP contribution in [0, 0.1) is 34.5 Å². The van der Waals surface area contributed by atoms with E-state index in [0.717, 1.165) is 38.5 Å². The van der Waals surface area contributed by atoms with Gasteiger partial charge >= 0.3 is 0 Å². The summed E-state index contributed by atoms with van der Waals surface area (Å²) >= 11 is 0. The van der Waals surface area contributed by atoms with Gasteiger partial charge in [0.1, 0.15) is 0 Å². The highest BCUT2D eigenvalue weighted by molar-refractivity contribution is 5.12. The van der Waals surface area contributed by atoms with Gasteiger partial charge in [0.2, 0.25) is 0 Å². The van der Waals surface area contributed by atoms with Gasteiger partial charge in [-0.3, -0.25) is 0 Å². The van der Waals surface area contributed by atoms with Crippen molar-refractivity contribution in [2.24, 2.45) is 34.5 Å². The van der Waals surface area contributed by atoms with Gasteiger partial charge in [-0.25, -0.2) is 0 Å². The highest BCUT2D eigenvalue weighted by atomic mass is 16.3. The minimum Gasteiger partial charge on any atom is -0.390 e. The van der Waals surface area contributed by atoms with E-state index in [4.69, 9.17) is 0 Å². The van der Waals surface area contributed by atoms with Crippen molar-refractivity contribution in [1.82, 2.24) is 0 Å². The lowest BCUT2D eigenvalue weighted by atomic mass is 9.45. The predicted octanol–water partition coefficient (Wildman–Crippen LogP) is 1.69. The quantitative estimate of drug-likeness (QED) is 0.547. The molecule has 0 spiro atoms. The normalized spacial score (nSPS) is 62.3. The van der Waals surface area contributed by atoms with E-state index in [2.05, 4.69) is 13.8 Å². The van der Waals surface area contributed by atoms with Crippen LogP contribution in [0.5, 0.6) is 0 Å². The lowest BCUT2D eigenvalue weighted by Gasteiger charge is -2.61. The monoisotopic (exact) mass is 324 g/mol. The first kappa shape index (κ1) is 16.3. The van der Waals surface area contributed by atoms with Crippen molar-refractivity contribution in [2.75, 3.05) is 0 Å². The Bertz CT molecular complexity index is 482. The largest absolute Gasteiger partial charge is 0.390 e. The Kier molecular flexibility index (Phi) is 3.67. The van der Waals surface area contributed by atoms with Crippen LogP contribution in [0.1, 0.15) is 58.8 Å². The van der Waals surface area contributed by atoms with Gasteiger partial charge in [0.05, 0.1) is 24.4 Å². The summed E-state index contributed by atoms with van der Waals surface area (Å²) in [5, 5.41) is 41.1. The summed E-state index contributed by atoms with van der Waals surface area (Å²) in [6, 6.07) is 0. The molecule has 23 heavy (non-hydrogen) atoms. The standard InChI is InChI=1S/C19H32O4/c1-18-6-5-12-11(13(18)8-15(21)17(18)23)4-3-10-7-14(20)16(22)9-19(10,12)2/h10-17,20-23H,3-9H2,1-2H3/t10?,11?,12?,13?,14-,15+,16-,17-,18?,19?/m0/s1. The number of fused-ring (bicyclic) bond motifs is 5. The van der Waals surface area contributed by atoms with Crippen molar-refractivity contribution < 1.29 is 20.4 Å². The Morgan fingerprint density at radius 2 is 1.48 bits per heavy atom. The van der Waals surface area contributed by atoms with Crippen molar-refractivity contribution in [3.63, 3.8) is 0 Å². The van der Waals surface area contributed by atoms with Crippen LogP contribution in [0.3, 0.4) is 0 Å². The van der Waals surface area contributed by atoms with E-state index in [1.165, 1.54) is 0 Å². The molecule has 132 valence electrons. The van der Waals surface area contributed by atoms with Crippen LogP contribution < -0.4 is 0 Å². The van der Waals surface area contributed by atoms with Crippen LogP contribution in [0.25, 0.3) is 0 Å². The molecule has 4 rings (SSSR count). The van der Waals surface area contributed by atoms with Crippen molar-refractivity contribution in [2.45, 2.75) is 83.2 Å². The third-order valence-corrected chi connectivity index (χ3v) is 8.66. The van der Waals surface area contributed by atoms with Gasteiger partial charge in [-0.05, 0) is 79.4 Å². The molecule has 6 unspecified atom stereocenters. The summed E-state index contributed by atoms with van der Waals surface area (Å²) in [5.41, 5.74) is -0.0437. The van der Waals surface area contributed by atoms with Gasteiger partial charge < -0.3 is 20.4 Å². The average Bonchev–Trinajstić information content (AvgIpc) is 2.73. The molecule has 0 aromatic carbocycles. The summed E-state index contributed by atoms with van der Waals surface area (Å²) in [6.45, 7) is 4.50. The molecule has 4 fully saturated rings. The van der Waals surface area contributed by atoms with Crippen LogP contribution >= 0.6 is 0 Å². The highest BCUT2D eigenvalue weighted by Crippen LogP contribution is 2.66. The Balaban J connectivity index is 1.64. The molecule has 0 amide bonds. The summed E-state index contributed by atoms with van der Waals surface area (Å²) in [7, 11) is 0. The number of aliphatic hydroxyl groups excluding tert-OH is 4. The van der Waals surface area contributed by atoms with E-state index in [-0.39, 0.29) is 10.8 Å². The Hall–Kier alpha value is -0.160. The Morgan fingerprint density at radius 1 is 0.739 bits per heavy atom. The molecule has 0 saturated heterocycles. The molecule has 0 radical (unpaired) electrons. The summed E-state index contributed by atoms with van der Waals surface area (Å²) < 4.78 is 0. The summed E-state index contributed by atoms with van der Waals surface area (Å²) in [5.74, 6) is 2.00. The fourth-order valence-electron chi connectivity index (χ4n) is 7.26. The lowest BCUT2D eigenvalue weighted by Crippen LogP contribution is -2.57. The molecular formula is C19H32O4. The van der Waals surface area contributed by atoms with Crippen LogP contribution in [-0.2, 0) is 0 Å². The molecule has 0 heterocycles. The second-order valence-corrected chi connectivity index (χ2v) is 9.52. The van der Waals surface area contributed by atoms with Crippen molar-refractivity contribution >= 4 is 0 Å². The molecule has 10 atom stereocenters. The molecule has 4 saturated carbocycles. The number of rotatable bonds is 0. The average molecular weight is 324 g/mol. The van der Waals surface area contributed by atoms with Crippen LogP contribution in [0.4, 0.5) is 0 Å². The Morgan fingerprint density at radius 3 is 2.22 bits per heavy atom. The van der Waals surface area contributed by atoms with E-state index in [9.17, 15) is 20.4 Å². The van der Waals surface area contributed by atoms with Crippen LogP contribution in [-0.4, -0.2) is 44.8 Å². The van der Waals surface area contributed by atoms with E-state index in [0.29, 0.717) is 30.1 Å². The summed E-state index contributed by atoms with van der Waals surface area (Å²) in [6.07, 6.45) is 4.15. The fraction of sp³-hybridized carbons (Fsp3) is 1.00. The fourth-order valence-corrected chi connectivity index (χ4v) is 7.26. The van der Waals surface area contributed by atoms with Gasteiger partial charge in [-0.2, -0.15) is 0 Å². The van der Waals surface area contributed by atoms with Gasteiger partial charge in [-0.1, -0.05) is 13.8 Å². The number of hydrogen-bond donors (Lipinski definition) is 4. The third kappa shape index (κ3) is 2.11. The van der Waals surface area contributed by atoms with E-state index < -0.39 is 24.4 Å². The maximum atomic E-state index is 10.5. The number of aliphatic hydroxyl groups is 4. The van der Waals surface area contributed by atoms with Gasteiger partial charge in [-0.15, -0.1) is 0 Å². The van der Waals surface area contributed by atoms with Crippen molar-refractivity contribution in [1.29, 1.82) is 0 Å². The van der Waals surface area contributed by atoms with Gasteiger partial charge in [0, 0.05) is 0 Å². The van der Waals surface area contributed by atoms with E-state index in [1.807, 2.05) is 0 Å². The second-order valence-electron chi connectivity index (χ2n) is 9.52. The highest BCUT2D eigenvalue weighted by Gasteiger charge is 2.62. The smallest absolute Gasteiger partial charge is 0.0855 e. The van der Waals surface area contributed by atoms with Crippen molar-refractivity contribution in [3.8, 4) is 0 Å². The first-order valence-electron chi connectivity index (χ1n) is 9.49. The SMILES string of the molecule is CC12C[C@H](O)[C@@H](O)CC1CCC1C2CCC2(C)C1C[C@@H](O)[C@@H]2O. The zero-order valence-electron chi connectivity index (χ0n) is 14.4. The third-order valence-electron chi connectivity index (χ3n) is 8.66. The first-order valence-corrected chi connectivity index (χ1v) is 9.49. The zero-order valence-corrected chi connectivity index (χ0v) is 14.4. The molecule has 0 aliphatic heterocycles. The molecule has 0 aromatic rings. The van der Waals surface area contributed by atoms with Crippen molar-refractivity contribution in [3.05, 3.63) is 0 Å². The Labute approximate surface area is 138 Å². The molecule has 4 nitrogen and oxygen atoms in total. The first-order chi connectivity index (χ1) is 10.8. The zero-order chi connectivity index (χ0) is 16.6. The second kappa shape index (κ2) is 5.17. The van der Waals surface area contributed by atoms with Gasteiger partial charge in [0.25, 0.3) is 0 Å². The molecule has 0 bridgehead atoms. The molecular weight excluding hydrogens is 292 g/mol. The summed E-state index contributed by atoms with van der Waals surface area (Å²) in [4.78, 5) is 0. The maximum absolute atomic E-state index is 10.5. The molecule has 4 heteroatoms. The molecule has 4 aliphatic rings. The maximum Gasteiger partial charge on any atom is 0.0855 e. The molecule has 4 aliphatic carbocycles. The molecule has 4 N–H and O–H groups in total. The number of hydrogen-bond acceptors (Lipinski definition) is 4. The lowest BCUT2D eigenvalue weighted by molar-refractivity contribution is -0.163. The minimum absolute atomic E-state index is 0.0986. The van der Waals surface area contributed by atoms with Crippen LogP contribution in [0.2, 0.25) is 0 Å².